The topological polar surface area (TPSA) is 102 Å². The number of aromatic nitrogens is 3. The molecule has 4 aromatic rings. The number of fused-ring (bicyclic) bond motifs is 2. The number of furan rings is 1. The molecule has 0 atom stereocenters. The first-order chi connectivity index (χ1) is 15.2. The Morgan fingerprint density at radius 2 is 1.94 bits per heavy atom. The van der Waals surface area contributed by atoms with Crippen molar-refractivity contribution < 1.29 is 18.7 Å². The van der Waals surface area contributed by atoms with Crippen LogP contribution >= 0.6 is 0 Å². The Kier molecular flexibility index (Phi) is 4.87. The van der Waals surface area contributed by atoms with Crippen LogP contribution in [-0.2, 0) is 11.3 Å². The lowest BCUT2D eigenvalue weighted by atomic mass is 10.1. The van der Waals surface area contributed by atoms with Gasteiger partial charge in [0.15, 0.2) is 0 Å². The van der Waals surface area contributed by atoms with Crippen molar-refractivity contribution in [1.82, 2.24) is 19.9 Å². The predicted octanol–water partition coefficient (Wildman–Crippen LogP) is 2.92. The number of para-hydroxylation sites is 1. The average molecular weight is 419 g/mol. The number of hydrogen-bond donors (Lipinski definition) is 1. The number of hydrogen-bond acceptors (Lipinski definition) is 6. The number of morpholine rings is 1. The normalized spacial score (nSPS) is 14.3. The van der Waals surface area contributed by atoms with E-state index in [-0.39, 0.29) is 17.6 Å². The number of anilines is 1. The third-order valence-corrected chi connectivity index (χ3v) is 5.40. The van der Waals surface area contributed by atoms with Gasteiger partial charge in [-0.1, -0.05) is 17.3 Å². The summed E-state index contributed by atoms with van der Waals surface area (Å²) < 4.78 is 13.0. The molecule has 1 saturated heterocycles. The summed E-state index contributed by atoms with van der Waals surface area (Å²) >= 11 is 0. The molecule has 31 heavy (non-hydrogen) atoms. The van der Waals surface area contributed by atoms with Gasteiger partial charge in [-0.25, -0.2) is 4.68 Å². The zero-order valence-corrected chi connectivity index (χ0v) is 17.0. The van der Waals surface area contributed by atoms with E-state index in [0.29, 0.717) is 60.6 Å². The van der Waals surface area contributed by atoms with Gasteiger partial charge >= 0.3 is 0 Å². The fourth-order valence-corrected chi connectivity index (χ4v) is 3.76. The molecule has 5 rings (SSSR count). The summed E-state index contributed by atoms with van der Waals surface area (Å²) in [4.78, 5) is 27.9. The highest BCUT2D eigenvalue weighted by Crippen LogP contribution is 2.32. The van der Waals surface area contributed by atoms with Crippen molar-refractivity contribution in [2.24, 2.45) is 0 Å². The van der Waals surface area contributed by atoms with Crippen molar-refractivity contribution in [3.05, 3.63) is 53.8 Å². The highest BCUT2D eigenvalue weighted by atomic mass is 16.5. The summed E-state index contributed by atoms with van der Waals surface area (Å²) in [5.41, 5.74) is 2.82. The van der Waals surface area contributed by atoms with Crippen LogP contribution in [0.3, 0.4) is 0 Å². The van der Waals surface area contributed by atoms with Gasteiger partial charge in [-0.05, 0) is 37.3 Å². The second-order valence-corrected chi connectivity index (χ2v) is 7.27. The largest absolute Gasteiger partial charge is 0.449 e. The highest BCUT2D eigenvalue weighted by Gasteiger charge is 2.27. The molecule has 2 aromatic heterocycles. The fraction of sp³-hybridized carbons (Fsp3) is 0.273. The number of nitrogens with one attached hydrogen (secondary N) is 1. The average Bonchev–Trinajstić information content (AvgIpc) is 3.40. The first kappa shape index (κ1) is 19.3. The molecular weight excluding hydrogens is 398 g/mol. The maximum atomic E-state index is 13.1. The van der Waals surface area contributed by atoms with Gasteiger partial charge in [0.2, 0.25) is 5.76 Å². The molecule has 158 valence electrons. The molecule has 0 spiro atoms. The summed E-state index contributed by atoms with van der Waals surface area (Å²) in [6.45, 7) is 4.58. The van der Waals surface area contributed by atoms with E-state index in [9.17, 15) is 9.59 Å². The molecule has 2 aromatic carbocycles. The number of carbonyl (C=O) groups excluding carboxylic acids is 2. The molecule has 0 bridgehead atoms. The summed E-state index contributed by atoms with van der Waals surface area (Å²) in [6, 6.07) is 12.5. The number of rotatable bonds is 4. The van der Waals surface area contributed by atoms with Gasteiger partial charge in [-0.15, -0.1) is 5.10 Å². The minimum Gasteiger partial charge on any atom is -0.449 e. The molecular formula is C22H21N5O4. The van der Waals surface area contributed by atoms with Crippen molar-refractivity contribution in [1.29, 1.82) is 0 Å². The Hall–Kier alpha value is -3.72. The third kappa shape index (κ3) is 3.42. The van der Waals surface area contributed by atoms with E-state index in [1.165, 1.54) is 0 Å². The minimum absolute atomic E-state index is 0.120. The van der Waals surface area contributed by atoms with E-state index < -0.39 is 0 Å². The summed E-state index contributed by atoms with van der Waals surface area (Å²) in [7, 11) is 0. The molecule has 0 aliphatic carbocycles. The van der Waals surface area contributed by atoms with Crippen LogP contribution in [0.1, 0.15) is 27.8 Å². The van der Waals surface area contributed by atoms with E-state index in [1.54, 1.807) is 27.8 Å². The summed E-state index contributed by atoms with van der Waals surface area (Å²) in [6.07, 6.45) is 0. The summed E-state index contributed by atoms with van der Waals surface area (Å²) in [5.74, 6) is -0.499. The maximum absolute atomic E-state index is 13.1. The Balaban J connectivity index is 1.50. The second-order valence-electron chi connectivity index (χ2n) is 7.27. The third-order valence-electron chi connectivity index (χ3n) is 5.40. The van der Waals surface area contributed by atoms with Gasteiger partial charge in [-0.2, -0.15) is 0 Å². The molecule has 0 unspecified atom stereocenters. The molecule has 1 aliphatic rings. The van der Waals surface area contributed by atoms with Crippen LogP contribution in [-0.4, -0.2) is 58.0 Å². The SMILES string of the molecule is CCn1nnc2cc(C(=O)Nc3c(C(=O)N4CCOCC4)oc4ccccc34)ccc21. The lowest BCUT2D eigenvalue weighted by molar-refractivity contribution is 0.0285. The van der Waals surface area contributed by atoms with E-state index in [1.807, 2.05) is 31.2 Å². The standard InChI is InChI=1S/C22H21N5O4/c1-2-27-17-8-7-14(13-16(17)24-25-27)21(28)23-19-15-5-3-4-6-18(15)31-20(19)22(29)26-9-11-30-12-10-26/h3-8,13H,2,9-12H2,1H3,(H,23,28). The number of nitrogens with zero attached hydrogens (tertiary/aromatic N) is 4. The van der Waals surface area contributed by atoms with Crippen molar-refractivity contribution in [3.63, 3.8) is 0 Å². The molecule has 1 fully saturated rings. The van der Waals surface area contributed by atoms with Crippen LogP contribution in [0.25, 0.3) is 22.0 Å². The lowest BCUT2D eigenvalue weighted by Crippen LogP contribution is -2.40. The molecule has 2 amide bonds. The Bertz CT molecular complexity index is 1290. The van der Waals surface area contributed by atoms with Crippen molar-refractivity contribution in [2.75, 3.05) is 31.6 Å². The molecule has 0 radical (unpaired) electrons. The van der Waals surface area contributed by atoms with Crippen LogP contribution in [0, 0.1) is 0 Å². The van der Waals surface area contributed by atoms with Crippen LogP contribution in [0.15, 0.2) is 46.9 Å². The highest BCUT2D eigenvalue weighted by molar-refractivity contribution is 6.14. The van der Waals surface area contributed by atoms with Crippen LogP contribution in [0.2, 0.25) is 0 Å². The number of aryl methyl sites for hydroxylation is 1. The van der Waals surface area contributed by atoms with Gasteiger partial charge in [-0.3, -0.25) is 9.59 Å². The smallest absolute Gasteiger partial charge is 0.291 e. The van der Waals surface area contributed by atoms with E-state index in [0.717, 1.165) is 5.52 Å². The number of carbonyl (C=O) groups is 2. The Labute approximate surface area is 177 Å². The van der Waals surface area contributed by atoms with Gasteiger partial charge in [0, 0.05) is 30.6 Å². The molecule has 9 nitrogen and oxygen atoms in total. The van der Waals surface area contributed by atoms with Gasteiger partial charge in [0.05, 0.1) is 18.7 Å². The number of ether oxygens (including phenoxy) is 1. The quantitative estimate of drug-likeness (QED) is 0.546. The first-order valence-corrected chi connectivity index (χ1v) is 10.2. The number of benzene rings is 2. The van der Waals surface area contributed by atoms with Gasteiger partial charge < -0.3 is 19.4 Å². The molecule has 9 heteroatoms. The Morgan fingerprint density at radius 1 is 1.13 bits per heavy atom. The second kappa shape index (κ2) is 7.84. The first-order valence-electron chi connectivity index (χ1n) is 10.2. The van der Waals surface area contributed by atoms with Crippen LogP contribution in [0.4, 0.5) is 5.69 Å². The molecule has 3 heterocycles. The zero-order chi connectivity index (χ0) is 21.4. The fourth-order valence-electron chi connectivity index (χ4n) is 3.76. The van der Waals surface area contributed by atoms with E-state index >= 15 is 0 Å². The minimum atomic E-state index is -0.351. The van der Waals surface area contributed by atoms with E-state index in [4.69, 9.17) is 9.15 Å². The van der Waals surface area contributed by atoms with Crippen LogP contribution in [0.5, 0.6) is 0 Å². The van der Waals surface area contributed by atoms with Crippen molar-refractivity contribution in [2.45, 2.75) is 13.5 Å². The van der Waals surface area contributed by atoms with Crippen molar-refractivity contribution in [3.8, 4) is 0 Å². The van der Waals surface area contributed by atoms with E-state index in [2.05, 4.69) is 15.6 Å². The molecule has 1 aliphatic heterocycles. The lowest BCUT2D eigenvalue weighted by Gasteiger charge is -2.26. The monoisotopic (exact) mass is 419 g/mol. The van der Waals surface area contributed by atoms with Crippen LogP contribution < -0.4 is 5.32 Å². The predicted molar refractivity (Wildman–Crippen MR) is 114 cm³/mol. The molecule has 1 N–H and O–H groups in total. The van der Waals surface area contributed by atoms with Gasteiger partial charge in [0.25, 0.3) is 11.8 Å². The molecule has 0 saturated carbocycles. The van der Waals surface area contributed by atoms with Gasteiger partial charge in [0.1, 0.15) is 16.8 Å². The van der Waals surface area contributed by atoms with Crippen molar-refractivity contribution >= 4 is 39.5 Å². The maximum Gasteiger partial charge on any atom is 0.291 e. The summed E-state index contributed by atoms with van der Waals surface area (Å²) in [5, 5.41) is 11.8. The Morgan fingerprint density at radius 3 is 2.74 bits per heavy atom. The zero-order valence-electron chi connectivity index (χ0n) is 17.0. The number of amides is 2.